The lowest BCUT2D eigenvalue weighted by Gasteiger charge is -2.28. The van der Waals surface area contributed by atoms with Crippen molar-refractivity contribution in [3.05, 3.63) is 34.9 Å². The van der Waals surface area contributed by atoms with Crippen LogP contribution in [0.15, 0.2) is 18.2 Å². The average molecular weight is 233 g/mol. The van der Waals surface area contributed by atoms with Crippen LogP contribution in [0.1, 0.15) is 36.0 Å². The standard InChI is InChI=1S/C15H23NO/c1-11-7-12(2)9-13(8-11)10-14(16)15-5-3-4-6-17-15/h7-9,14-15H,3-6,10,16H2,1-2H3. The molecule has 94 valence electrons. The Bertz CT molecular complexity index is 349. The summed E-state index contributed by atoms with van der Waals surface area (Å²) >= 11 is 0. The zero-order chi connectivity index (χ0) is 12.3. The molecular formula is C15H23NO. The maximum Gasteiger partial charge on any atom is 0.0729 e. The van der Waals surface area contributed by atoms with Crippen LogP contribution < -0.4 is 5.73 Å². The van der Waals surface area contributed by atoms with E-state index in [1.165, 1.54) is 29.5 Å². The van der Waals surface area contributed by atoms with Gasteiger partial charge >= 0.3 is 0 Å². The molecule has 0 aromatic heterocycles. The van der Waals surface area contributed by atoms with Gasteiger partial charge in [0.15, 0.2) is 0 Å². The predicted octanol–water partition coefficient (Wildman–Crippen LogP) is 2.74. The molecule has 1 saturated heterocycles. The van der Waals surface area contributed by atoms with Gasteiger partial charge in [0.2, 0.25) is 0 Å². The molecule has 0 bridgehead atoms. The van der Waals surface area contributed by atoms with Crippen LogP contribution in [0.3, 0.4) is 0 Å². The third-order valence-electron chi connectivity index (χ3n) is 3.45. The van der Waals surface area contributed by atoms with Gasteiger partial charge < -0.3 is 10.5 Å². The van der Waals surface area contributed by atoms with Crippen molar-refractivity contribution in [1.29, 1.82) is 0 Å². The Morgan fingerprint density at radius 1 is 1.24 bits per heavy atom. The fraction of sp³-hybridized carbons (Fsp3) is 0.600. The summed E-state index contributed by atoms with van der Waals surface area (Å²) in [7, 11) is 0. The second-order valence-corrected chi connectivity index (χ2v) is 5.27. The summed E-state index contributed by atoms with van der Waals surface area (Å²) < 4.78 is 5.75. The van der Waals surface area contributed by atoms with E-state index in [1.54, 1.807) is 0 Å². The maximum absolute atomic E-state index is 6.26. The highest BCUT2D eigenvalue weighted by Crippen LogP contribution is 2.18. The quantitative estimate of drug-likeness (QED) is 0.871. The van der Waals surface area contributed by atoms with Crippen molar-refractivity contribution in [3.63, 3.8) is 0 Å². The molecule has 2 N–H and O–H groups in total. The van der Waals surface area contributed by atoms with Crippen LogP contribution in [-0.4, -0.2) is 18.8 Å². The minimum absolute atomic E-state index is 0.136. The molecule has 0 aliphatic carbocycles. The summed E-state index contributed by atoms with van der Waals surface area (Å²) in [6, 6.07) is 6.80. The monoisotopic (exact) mass is 233 g/mol. The van der Waals surface area contributed by atoms with Gasteiger partial charge in [-0.2, -0.15) is 0 Å². The minimum atomic E-state index is 0.136. The molecule has 1 aromatic carbocycles. The maximum atomic E-state index is 6.26. The molecule has 17 heavy (non-hydrogen) atoms. The molecule has 0 saturated carbocycles. The largest absolute Gasteiger partial charge is 0.377 e. The highest BCUT2D eigenvalue weighted by atomic mass is 16.5. The Labute approximate surface area is 104 Å². The van der Waals surface area contributed by atoms with Crippen LogP contribution in [0.5, 0.6) is 0 Å². The molecule has 1 heterocycles. The predicted molar refractivity (Wildman–Crippen MR) is 71.2 cm³/mol. The van der Waals surface area contributed by atoms with Gasteiger partial charge in [0.05, 0.1) is 6.10 Å². The molecule has 2 heteroatoms. The summed E-state index contributed by atoms with van der Waals surface area (Å²) in [5.74, 6) is 0. The van der Waals surface area contributed by atoms with Gasteiger partial charge in [0.25, 0.3) is 0 Å². The van der Waals surface area contributed by atoms with Crippen molar-refractivity contribution in [2.24, 2.45) is 5.73 Å². The van der Waals surface area contributed by atoms with Gasteiger partial charge in [-0.25, -0.2) is 0 Å². The van der Waals surface area contributed by atoms with E-state index < -0.39 is 0 Å². The Balaban J connectivity index is 1.99. The van der Waals surface area contributed by atoms with E-state index in [1.807, 2.05) is 0 Å². The average Bonchev–Trinajstić information content (AvgIpc) is 2.28. The molecule has 1 fully saturated rings. The summed E-state index contributed by atoms with van der Waals surface area (Å²) in [5, 5.41) is 0. The summed E-state index contributed by atoms with van der Waals surface area (Å²) in [6.07, 6.45) is 4.74. The highest BCUT2D eigenvalue weighted by molar-refractivity contribution is 5.29. The number of rotatable bonds is 3. The fourth-order valence-electron chi connectivity index (χ4n) is 2.69. The fourth-order valence-corrected chi connectivity index (χ4v) is 2.69. The van der Waals surface area contributed by atoms with Gasteiger partial charge in [0.1, 0.15) is 0 Å². The molecule has 1 aromatic rings. The Hall–Kier alpha value is -0.860. The first kappa shape index (κ1) is 12.6. The molecule has 0 spiro atoms. The van der Waals surface area contributed by atoms with E-state index in [9.17, 15) is 0 Å². The second-order valence-electron chi connectivity index (χ2n) is 5.27. The molecule has 0 radical (unpaired) electrons. The van der Waals surface area contributed by atoms with Crippen LogP contribution in [0.4, 0.5) is 0 Å². The van der Waals surface area contributed by atoms with E-state index in [-0.39, 0.29) is 12.1 Å². The Kier molecular flexibility index (Phi) is 4.19. The lowest BCUT2D eigenvalue weighted by atomic mass is 9.95. The van der Waals surface area contributed by atoms with E-state index in [2.05, 4.69) is 32.0 Å². The van der Waals surface area contributed by atoms with E-state index >= 15 is 0 Å². The smallest absolute Gasteiger partial charge is 0.0729 e. The van der Waals surface area contributed by atoms with Gasteiger partial charge in [-0.05, 0) is 45.1 Å². The minimum Gasteiger partial charge on any atom is -0.377 e. The highest BCUT2D eigenvalue weighted by Gasteiger charge is 2.21. The van der Waals surface area contributed by atoms with Gasteiger partial charge in [-0.3, -0.25) is 0 Å². The van der Waals surface area contributed by atoms with Gasteiger partial charge in [-0.1, -0.05) is 29.3 Å². The molecule has 2 rings (SSSR count). The SMILES string of the molecule is Cc1cc(C)cc(CC(N)C2CCCCO2)c1. The first-order chi connectivity index (χ1) is 8.15. The number of aryl methyl sites for hydroxylation is 2. The summed E-state index contributed by atoms with van der Waals surface area (Å²) in [4.78, 5) is 0. The van der Waals surface area contributed by atoms with Crippen molar-refractivity contribution in [3.8, 4) is 0 Å². The van der Waals surface area contributed by atoms with Crippen LogP contribution in [0, 0.1) is 13.8 Å². The van der Waals surface area contributed by atoms with Gasteiger partial charge in [-0.15, -0.1) is 0 Å². The molecule has 2 atom stereocenters. The van der Waals surface area contributed by atoms with Crippen LogP contribution in [0.2, 0.25) is 0 Å². The number of hydrogen-bond donors (Lipinski definition) is 1. The molecule has 1 aliphatic rings. The molecule has 2 unspecified atom stereocenters. The van der Waals surface area contributed by atoms with Crippen molar-refractivity contribution in [1.82, 2.24) is 0 Å². The Morgan fingerprint density at radius 2 is 1.94 bits per heavy atom. The zero-order valence-corrected chi connectivity index (χ0v) is 10.9. The van der Waals surface area contributed by atoms with Crippen molar-refractivity contribution >= 4 is 0 Å². The molecule has 2 nitrogen and oxygen atoms in total. The lowest BCUT2D eigenvalue weighted by Crippen LogP contribution is -2.40. The van der Waals surface area contributed by atoms with E-state index in [4.69, 9.17) is 10.5 Å². The normalized spacial score (nSPS) is 22.4. The van der Waals surface area contributed by atoms with Crippen molar-refractivity contribution in [2.45, 2.75) is 51.7 Å². The summed E-state index contributed by atoms with van der Waals surface area (Å²) in [5.41, 5.74) is 10.2. The van der Waals surface area contributed by atoms with Crippen LogP contribution in [-0.2, 0) is 11.2 Å². The summed E-state index contributed by atoms with van der Waals surface area (Å²) in [6.45, 7) is 5.16. The molecule has 1 aliphatic heterocycles. The van der Waals surface area contributed by atoms with E-state index in [0.717, 1.165) is 19.4 Å². The number of nitrogens with two attached hydrogens (primary N) is 1. The van der Waals surface area contributed by atoms with E-state index in [0.29, 0.717) is 0 Å². The topological polar surface area (TPSA) is 35.2 Å². The first-order valence-corrected chi connectivity index (χ1v) is 6.59. The first-order valence-electron chi connectivity index (χ1n) is 6.59. The van der Waals surface area contributed by atoms with Crippen molar-refractivity contribution < 1.29 is 4.74 Å². The zero-order valence-electron chi connectivity index (χ0n) is 10.9. The number of ether oxygens (including phenoxy) is 1. The van der Waals surface area contributed by atoms with Crippen LogP contribution >= 0.6 is 0 Å². The molecular weight excluding hydrogens is 210 g/mol. The second kappa shape index (κ2) is 5.65. The lowest BCUT2D eigenvalue weighted by molar-refractivity contribution is 0.000631. The third-order valence-corrected chi connectivity index (χ3v) is 3.45. The third kappa shape index (κ3) is 3.55. The molecule has 0 amide bonds. The number of benzene rings is 1. The van der Waals surface area contributed by atoms with Gasteiger partial charge in [0, 0.05) is 12.6 Å². The van der Waals surface area contributed by atoms with Crippen molar-refractivity contribution in [2.75, 3.05) is 6.61 Å². The van der Waals surface area contributed by atoms with Crippen LogP contribution in [0.25, 0.3) is 0 Å². The number of hydrogen-bond acceptors (Lipinski definition) is 2. The Morgan fingerprint density at radius 3 is 2.53 bits per heavy atom.